The van der Waals surface area contributed by atoms with E-state index in [9.17, 15) is 24.3 Å². The van der Waals surface area contributed by atoms with Gasteiger partial charge in [0.25, 0.3) is 5.91 Å². The van der Waals surface area contributed by atoms with Gasteiger partial charge in [-0.3, -0.25) is 19.3 Å². The van der Waals surface area contributed by atoms with E-state index in [1.807, 2.05) is 72.8 Å². The number of para-hydroxylation sites is 1. The summed E-state index contributed by atoms with van der Waals surface area (Å²) in [5, 5.41) is 12.7. The summed E-state index contributed by atoms with van der Waals surface area (Å²) >= 11 is 0. The third-order valence-electron chi connectivity index (χ3n) is 11.5. The van der Waals surface area contributed by atoms with Crippen molar-refractivity contribution in [3.8, 4) is 22.8 Å². The van der Waals surface area contributed by atoms with Gasteiger partial charge in [0.05, 0.1) is 40.4 Å². The molecule has 60 heavy (non-hydrogen) atoms. The smallest absolute Gasteiger partial charge is 0.407 e. The Labute approximate surface area is 344 Å². The molecule has 0 aliphatic carbocycles. The Morgan fingerprint density at radius 3 is 2.13 bits per heavy atom. The van der Waals surface area contributed by atoms with Crippen LogP contribution < -0.4 is 5.32 Å². The molecule has 9 rings (SSSR count). The van der Waals surface area contributed by atoms with E-state index in [0.717, 1.165) is 51.8 Å². The summed E-state index contributed by atoms with van der Waals surface area (Å²) in [6, 6.07) is 27.2. The number of H-pyrrole nitrogens is 2. The number of fused-ring (bicyclic) bond motifs is 2. The van der Waals surface area contributed by atoms with E-state index in [1.54, 1.807) is 40.3 Å². The molecule has 2 aliphatic rings. The lowest BCUT2D eigenvalue weighted by molar-refractivity contribution is -0.137. The lowest BCUT2D eigenvalue weighted by Crippen LogP contribution is -2.43. The van der Waals surface area contributed by atoms with Crippen LogP contribution >= 0.6 is 0 Å². The average Bonchev–Trinajstić information content (AvgIpc) is 4.11. The highest BCUT2D eigenvalue weighted by Crippen LogP contribution is 2.38. The number of aromatic nitrogens is 5. The van der Waals surface area contributed by atoms with Crippen molar-refractivity contribution in [2.24, 2.45) is 0 Å². The third-order valence-corrected chi connectivity index (χ3v) is 11.5. The van der Waals surface area contributed by atoms with Gasteiger partial charge in [-0.1, -0.05) is 66.7 Å². The van der Waals surface area contributed by atoms with Crippen molar-refractivity contribution in [1.29, 1.82) is 0 Å². The van der Waals surface area contributed by atoms with Crippen molar-refractivity contribution in [3.05, 3.63) is 126 Å². The van der Waals surface area contributed by atoms with E-state index in [2.05, 4.69) is 20.3 Å². The Balaban J connectivity index is 0.961. The van der Waals surface area contributed by atoms with Gasteiger partial charge in [0.15, 0.2) is 5.76 Å². The molecule has 0 bridgehead atoms. The van der Waals surface area contributed by atoms with Crippen LogP contribution in [0.25, 0.3) is 44.8 Å². The Hall–Kier alpha value is -7.29. The second kappa shape index (κ2) is 15.8. The molecule has 4 N–H and O–H groups in total. The number of carbonyl (C=O) groups is 4. The van der Waals surface area contributed by atoms with Crippen LogP contribution in [0.4, 0.5) is 4.79 Å². The van der Waals surface area contributed by atoms with E-state index >= 15 is 0 Å². The number of carbonyl (C=O) groups excluding carboxylic acids is 3. The first kappa shape index (κ1) is 38.2. The highest BCUT2D eigenvalue weighted by atomic mass is 16.4. The fourth-order valence-electron chi connectivity index (χ4n) is 8.62. The summed E-state index contributed by atoms with van der Waals surface area (Å²) in [5.41, 5.74) is 5.68. The number of aromatic amines is 2. The zero-order chi connectivity index (χ0) is 41.5. The van der Waals surface area contributed by atoms with Gasteiger partial charge in [-0.2, -0.15) is 0 Å². The van der Waals surface area contributed by atoms with Gasteiger partial charge in [0.2, 0.25) is 17.7 Å². The number of carboxylic acid groups (broad SMARTS) is 1. The first-order chi connectivity index (χ1) is 29.1. The summed E-state index contributed by atoms with van der Waals surface area (Å²) in [6.07, 6.45) is 3.43. The highest BCUT2D eigenvalue weighted by Gasteiger charge is 2.40. The molecular weight excluding hydrogens is 763 g/mol. The molecule has 15 heteroatoms. The minimum absolute atomic E-state index is 0.178. The van der Waals surface area contributed by atoms with E-state index < -0.39 is 18.2 Å². The van der Waals surface area contributed by atoms with Crippen LogP contribution in [0.2, 0.25) is 0 Å². The van der Waals surface area contributed by atoms with Crippen molar-refractivity contribution in [3.63, 3.8) is 0 Å². The van der Waals surface area contributed by atoms with Crippen LogP contribution in [0.15, 0.2) is 108 Å². The molecule has 4 atom stereocenters. The number of imidazole rings is 2. The number of nitrogens with one attached hydrogen (secondary N) is 3. The normalized spacial score (nSPS) is 17.6. The van der Waals surface area contributed by atoms with Crippen molar-refractivity contribution >= 4 is 45.9 Å². The number of hydrogen-bond donors (Lipinski definition) is 4. The minimum Gasteiger partial charge on any atom is -0.465 e. The number of rotatable bonds is 10. The summed E-state index contributed by atoms with van der Waals surface area (Å²) in [4.78, 5) is 78.3. The van der Waals surface area contributed by atoms with Crippen LogP contribution in [-0.4, -0.2) is 88.7 Å². The molecular formula is C45H43N9O6. The Bertz CT molecular complexity index is 2730. The van der Waals surface area contributed by atoms with Crippen LogP contribution in [0, 0.1) is 0 Å². The fourth-order valence-corrected chi connectivity index (χ4v) is 8.62. The first-order valence-electron chi connectivity index (χ1n) is 20.0. The highest BCUT2D eigenvalue weighted by molar-refractivity contribution is 5.91. The van der Waals surface area contributed by atoms with Crippen molar-refractivity contribution < 1.29 is 28.7 Å². The van der Waals surface area contributed by atoms with Crippen LogP contribution in [0.3, 0.4) is 0 Å². The summed E-state index contributed by atoms with van der Waals surface area (Å²) in [6.45, 7) is 2.44. The molecule has 3 aromatic heterocycles. The third kappa shape index (κ3) is 7.11. The number of benzene rings is 4. The molecule has 1 unspecified atom stereocenters. The molecule has 304 valence electrons. The number of nitrogens with zero attached hydrogens (tertiary/aromatic N) is 6. The molecule has 0 radical (unpaired) electrons. The predicted molar refractivity (Wildman–Crippen MR) is 222 cm³/mol. The van der Waals surface area contributed by atoms with Crippen molar-refractivity contribution in [1.82, 2.24) is 44.9 Å². The van der Waals surface area contributed by atoms with Crippen LogP contribution in [0.5, 0.6) is 0 Å². The van der Waals surface area contributed by atoms with Crippen LogP contribution in [0.1, 0.15) is 79.6 Å². The molecule has 2 saturated heterocycles. The maximum atomic E-state index is 14.1. The maximum Gasteiger partial charge on any atom is 0.407 e. The first-order valence-corrected chi connectivity index (χ1v) is 20.0. The molecule has 2 fully saturated rings. The molecule has 4 aromatic carbocycles. The van der Waals surface area contributed by atoms with Crippen molar-refractivity contribution in [2.75, 3.05) is 20.1 Å². The topological polar surface area (TPSA) is 194 Å². The molecule has 0 spiro atoms. The summed E-state index contributed by atoms with van der Waals surface area (Å²) in [7, 11) is 1.42. The van der Waals surface area contributed by atoms with E-state index in [0.29, 0.717) is 59.5 Å². The SMILES string of the molecule is CC(=O)NC(C(=O)N1CCC[C@H]1c1nc2ccc(-c3cnc(-c4cccc5[nH]c([C@@H]6CCCN6C(=O)[C@@H](c6ccccc6)N(C)C(=O)O)nc45)o3)cc2[nH]1)c1ccccc1. The van der Waals surface area contributed by atoms with Gasteiger partial charge in [0.1, 0.15) is 29.2 Å². The monoisotopic (exact) mass is 805 g/mol. The maximum absolute atomic E-state index is 14.1. The van der Waals surface area contributed by atoms with Gasteiger partial charge in [-0.05, 0) is 67.1 Å². The second-order valence-electron chi connectivity index (χ2n) is 15.3. The zero-order valence-electron chi connectivity index (χ0n) is 33.0. The number of amides is 4. The number of oxazole rings is 1. The number of hydrogen-bond acceptors (Lipinski definition) is 8. The number of likely N-dealkylation sites (N-methyl/N-ethyl adjacent to an activating group) is 1. The average molecular weight is 806 g/mol. The largest absolute Gasteiger partial charge is 0.465 e. The molecule has 2 aliphatic heterocycles. The van der Waals surface area contributed by atoms with E-state index in [-0.39, 0.29) is 29.8 Å². The van der Waals surface area contributed by atoms with Gasteiger partial charge in [-0.25, -0.2) is 19.7 Å². The Kier molecular flexibility index (Phi) is 10.1. The zero-order valence-corrected chi connectivity index (χ0v) is 33.0. The van der Waals surface area contributed by atoms with E-state index in [1.165, 1.54) is 14.0 Å². The summed E-state index contributed by atoms with van der Waals surface area (Å²) in [5.74, 6) is 1.43. The van der Waals surface area contributed by atoms with Crippen molar-refractivity contribution in [2.45, 2.75) is 56.8 Å². The quantitative estimate of drug-likeness (QED) is 0.110. The molecule has 0 saturated carbocycles. The minimum atomic E-state index is -1.19. The van der Waals surface area contributed by atoms with Gasteiger partial charge < -0.3 is 34.6 Å². The molecule has 5 heterocycles. The molecule has 4 amide bonds. The Morgan fingerprint density at radius 1 is 0.800 bits per heavy atom. The molecule has 7 aromatic rings. The lowest BCUT2D eigenvalue weighted by Gasteiger charge is -2.32. The van der Waals surface area contributed by atoms with Gasteiger partial charge >= 0.3 is 6.09 Å². The fraction of sp³-hybridized carbons (Fsp3) is 0.267. The molecule has 15 nitrogen and oxygen atoms in total. The van der Waals surface area contributed by atoms with Gasteiger partial charge in [-0.15, -0.1) is 0 Å². The lowest BCUT2D eigenvalue weighted by atomic mass is 10.0. The second-order valence-corrected chi connectivity index (χ2v) is 15.3. The number of likely N-dealkylation sites (tertiary alicyclic amines) is 2. The standard InChI is InChI=1S/C45H43N9O6/c1-26(55)47-37(27-12-5-3-6-13-27)43(56)53-22-10-18-34(53)40-48-31-21-20-29(24-33(31)50-40)36-25-46-42(60-36)30-16-9-17-32-38(30)51-41(49-32)35-19-11-23-54(35)44(57)39(52(2)45(58)59)28-14-7-4-8-15-28/h3-9,12-17,20-21,24-25,34-35,37,39H,10-11,18-19,22-23H2,1-2H3,(H,47,55)(H,48,50)(H,49,51)(H,58,59)/t34-,35-,37?,39+/m0/s1. The predicted octanol–water partition coefficient (Wildman–Crippen LogP) is 7.32. The Morgan fingerprint density at radius 2 is 1.45 bits per heavy atom. The summed E-state index contributed by atoms with van der Waals surface area (Å²) < 4.78 is 6.38. The van der Waals surface area contributed by atoms with E-state index in [4.69, 9.17) is 14.4 Å². The van der Waals surface area contributed by atoms with Crippen LogP contribution in [-0.2, 0) is 14.4 Å². The van der Waals surface area contributed by atoms with Gasteiger partial charge in [0, 0.05) is 32.6 Å².